The number of halogens is 2. The van der Waals surface area contributed by atoms with E-state index in [1.54, 1.807) is 18.2 Å². The maximum Gasteiger partial charge on any atom is 0.311 e. The first-order chi connectivity index (χ1) is 12.8. The molecule has 8 heteroatoms. The highest BCUT2D eigenvalue weighted by Crippen LogP contribution is 2.28. The highest BCUT2D eigenvalue weighted by atomic mass is 35.5. The van der Waals surface area contributed by atoms with Crippen molar-refractivity contribution in [3.63, 3.8) is 0 Å². The van der Waals surface area contributed by atoms with E-state index in [1.807, 2.05) is 0 Å². The molecule has 0 saturated heterocycles. The monoisotopic (exact) mass is 395 g/mol. The van der Waals surface area contributed by atoms with Gasteiger partial charge in [0.25, 0.3) is 5.91 Å². The van der Waals surface area contributed by atoms with Crippen molar-refractivity contribution in [1.29, 1.82) is 0 Å². The number of ether oxygens (including phenoxy) is 3. The maximum atomic E-state index is 13.0. The largest absolute Gasteiger partial charge is 0.493 e. The molecule has 27 heavy (non-hydrogen) atoms. The van der Waals surface area contributed by atoms with Crippen molar-refractivity contribution in [2.75, 3.05) is 19.5 Å². The molecule has 0 aliphatic heterocycles. The number of carbonyl (C=O) groups excluding carboxylic acids is 2. The molecule has 2 aromatic carbocycles. The third-order valence-corrected chi connectivity index (χ3v) is 3.98. The van der Waals surface area contributed by atoms with Crippen LogP contribution in [0.2, 0.25) is 5.02 Å². The first-order valence-corrected chi connectivity index (χ1v) is 8.38. The Morgan fingerprint density at radius 2 is 1.81 bits per heavy atom. The van der Waals surface area contributed by atoms with E-state index in [2.05, 4.69) is 5.32 Å². The minimum Gasteiger partial charge on any atom is -0.493 e. The van der Waals surface area contributed by atoms with Crippen molar-refractivity contribution < 1.29 is 28.2 Å². The quantitative estimate of drug-likeness (QED) is 0.725. The lowest BCUT2D eigenvalue weighted by Crippen LogP contribution is -2.30. The molecule has 0 bridgehead atoms. The van der Waals surface area contributed by atoms with Crippen LogP contribution in [-0.4, -0.2) is 32.2 Å². The van der Waals surface area contributed by atoms with E-state index in [4.69, 9.17) is 25.8 Å². The molecule has 0 aromatic heterocycles. The molecule has 0 saturated carbocycles. The van der Waals surface area contributed by atoms with E-state index >= 15 is 0 Å². The smallest absolute Gasteiger partial charge is 0.311 e. The number of rotatable bonds is 7. The van der Waals surface area contributed by atoms with Gasteiger partial charge in [-0.05, 0) is 42.8 Å². The van der Waals surface area contributed by atoms with Gasteiger partial charge in [-0.3, -0.25) is 9.59 Å². The molecule has 144 valence electrons. The highest BCUT2D eigenvalue weighted by molar-refractivity contribution is 6.33. The van der Waals surface area contributed by atoms with Crippen molar-refractivity contribution in [2.24, 2.45) is 0 Å². The maximum absolute atomic E-state index is 13.0. The Kier molecular flexibility index (Phi) is 7.01. The Bertz CT molecular complexity index is 843. The van der Waals surface area contributed by atoms with E-state index in [0.29, 0.717) is 17.1 Å². The predicted molar refractivity (Wildman–Crippen MR) is 98.8 cm³/mol. The Morgan fingerprint density at radius 1 is 1.11 bits per heavy atom. The molecule has 0 aliphatic carbocycles. The van der Waals surface area contributed by atoms with Crippen LogP contribution in [0.3, 0.4) is 0 Å². The molecule has 6 nitrogen and oxygen atoms in total. The van der Waals surface area contributed by atoms with E-state index in [-0.39, 0.29) is 17.1 Å². The molecule has 0 unspecified atom stereocenters. The van der Waals surface area contributed by atoms with Gasteiger partial charge in [0.2, 0.25) is 0 Å². The standard InChI is InChI=1S/C19H19ClFNO5/c1-11(19(24)22-15-6-5-13(21)10-14(15)20)27-18(23)9-12-4-7-16(25-2)17(8-12)26-3/h4-8,10-11H,9H2,1-3H3,(H,22,24)/t11-/m0/s1. The van der Waals surface area contributed by atoms with Gasteiger partial charge >= 0.3 is 5.97 Å². The van der Waals surface area contributed by atoms with E-state index < -0.39 is 23.8 Å². The van der Waals surface area contributed by atoms with Gasteiger partial charge in [0, 0.05) is 0 Å². The number of esters is 1. The number of hydrogen-bond acceptors (Lipinski definition) is 5. The topological polar surface area (TPSA) is 73.9 Å². The lowest BCUT2D eigenvalue weighted by molar-refractivity contribution is -0.152. The molecule has 0 spiro atoms. The van der Waals surface area contributed by atoms with Gasteiger partial charge in [-0.1, -0.05) is 17.7 Å². The minimum atomic E-state index is -1.06. The van der Waals surface area contributed by atoms with Crippen LogP contribution in [0, 0.1) is 5.82 Å². The fourth-order valence-electron chi connectivity index (χ4n) is 2.27. The summed E-state index contributed by atoms with van der Waals surface area (Å²) in [4.78, 5) is 24.2. The zero-order valence-corrected chi connectivity index (χ0v) is 15.8. The SMILES string of the molecule is COc1ccc(CC(=O)O[C@@H](C)C(=O)Nc2ccc(F)cc2Cl)cc1OC. The summed E-state index contributed by atoms with van der Waals surface area (Å²) in [5, 5.41) is 2.54. The minimum absolute atomic E-state index is 0.0464. The zero-order valence-electron chi connectivity index (χ0n) is 15.0. The van der Waals surface area contributed by atoms with Gasteiger partial charge in [-0.25, -0.2) is 4.39 Å². The second-order valence-corrected chi connectivity index (χ2v) is 6.02. The van der Waals surface area contributed by atoms with E-state index in [1.165, 1.54) is 27.2 Å². The molecule has 2 rings (SSSR count). The number of nitrogens with one attached hydrogen (secondary N) is 1. The van der Waals surface area contributed by atoms with Gasteiger partial charge < -0.3 is 19.5 Å². The van der Waals surface area contributed by atoms with Crippen molar-refractivity contribution in [3.8, 4) is 11.5 Å². The van der Waals surface area contributed by atoms with Gasteiger partial charge in [0.15, 0.2) is 17.6 Å². The van der Waals surface area contributed by atoms with Crippen LogP contribution in [0.25, 0.3) is 0 Å². The Hall–Kier alpha value is -2.80. The first kappa shape index (κ1) is 20.5. The second kappa shape index (κ2) is 9.23. The average molecular weight is 396 g/mol. The van der Waals surface area contributed by atoms with Crippen LogP contribution in [-0.2, 0) is 20.7 Å². The van der Waals surface area contributed by atoms with Gasteiger partial charge in [-0.15, -0.1) is 0 Å². The summed E-state index contributed by atoms with van der Waals surface area (Å²) in [6.07, 6.45) is -1.10. The fourth-order valence-corrected chi connectivity index (χ4v) is 2.49. The van der Waals surface area contributed by atoms with Crippen LogP contribution < -0.4 is 14.8 Å². The highest BCUT2D eigenvalue weighted by Gasteiger charge is 2.19. The normalized spacial score (nSPS) is 11.4. The molecule has 0 aliphatic rings. The zero-order chi connectivity index (χ0) is 20.0. The lowest BCUT2D eigenvalue weighted by Gasteiger charge is -2.15. The molecule has 1 atom stereocenters. The van der Waals surface area contributed by atoms with Crippen LogP contribution in [0.5, 0.6) is 11.5 Å². The molecule has 1 amide bonds. The van der Waals surface area contributed by atoms with Crippen LogP contribution in [0.1, 0.15) is 12.5 Å². The van der Waals surface area contributed by atoms with Crippen LogP contribution >= 0.6 is 11.6 Å². The van der Waals surface area contributed by atoms with Crippen molar-refractivity contribution in [2.45, 2.75) is 19.4 Å². The van der Waals surface area contributed by atoms with Crippen molar-refractivity contribution in [3.05, 3.63) is 52.8 Å². The number of methoxy groups -OCH3 is 2. The fraction of sp³-hybridized carbons (Fsp3) is 0.263. The third-order valence-electron chi connectivity index (χ3n) is 3.66. The first-order valence-electron chi connectivity index (χ1n) is 8.00. The molecule has 0 fully saturated rings. The number of benzene rings is 2. The van der Waals surface area contributed by atoms with Gasteiger partial charge in [0.1, 0.15) is 5.82 Å². The molecular formula is C19H19ClFNO5. The lowest BCUT2D eigenvalue weighted by atomic mass is 10.1. The summed E-state index contributed by atoms with van der Waals surface area (Å²) < 4.78 is 28.5. The number of amides is 1. The van der Waals surface area contributed by atoms with Gasteiger partial charge in [0.05, 0.1) is 31.4 Å². The molecule has 2 aromatic rings. The van der Waals surface area contributed by atoms with Gasteiger partial charge in [-0.2, -0.15) is 0 Å². The van der Waals surface area contributed by atoms with E-state index in [9.17, 15) is 14.0 Å². The molecule has 0 heterocycles. The Morgan fingerprint density at radius 3 is 2.44 bits per heavy atom. The Labute approximate surface area is 161 Å². The third kappa shape index (κ3) is 5.59. The summed E-state index contributed by atoms with van der Waals surface area (Å²) in [6, 6.07) is 8.59. The predicted octanol–water partition coefficient (Wildman–Crippen LogP) is 3.61. The summed E-state index contributed by atoms with van der Waals surface area (Å²) in [6.45, 7) is 1.43. The summed E-state index contributed by atoms with van der Waals surface area (Å²) in [5.74, 6) is -0.662. The van der Waals surface area contributed by atoms with Crippen molar-refractivity contribution >= 4 is 29.2 Å². The molecule has 0 radical (unpaired) electrons. The number of anilines is 1. The number of carbonyl (C=O) groups is 2. The molecular weight excluding hydrogens is 377 g/mol. The summed E-state index contributed by atoms with van der Waals surface area (Å²) in [7, 11) is 3.01. The van der Waals surface area contributed by atoms with Crippen molar-refractivity contribution in [1.82, 2.24) is 0 Å². The van der Waals surface area contributed by atoms with Crippen LogP contribution in [0.15, 0.2) is 36.4 Å². The summed E-state index contributed by atoms with van der Waals surface area (Å²) in [5.41, 5.74) is 0.873. The molecule has 1 N–H and O–H groups in total. The van der Waals surface area contributed by atoms with E-state index in [0.717, 1.165) is 12.1 Å². The Balaban J connectivity index is 1.95. The summed E-state index contributed by atoms with van der Waals surface area (Å²) >= 11 is 5.86. The number of hydrogen-bond donors (Lipinski definition) is 1. The second-order valence-electron chi connectivity index (χ2n) is 5.61. The average Bonchev–Trinajstić information content (AvgIpc) is 2.63. The van der Waals surface area contributed by atoms with Crippen LogP contribution in [0.4, 0.5) is 10.1 Å².